The minimum absolute atomic E-state index is 0.211. The quantitative estimate of drug-likeness (QED) is 0.619. The smallest absolute Gasteiger partial charge is 0.302 e. The number of esters is 1. The molecule has 5 heteroatoms. The van der Waals surface area contributed by atoms with Crippen LogP contribution in [0.25, 0.3) is 0 Å². The van der Waals surface area contributed by atoms with Gasteiger partial charge < -0.3 is 4.74 Å². The van der Waals surface area contributed by atoms with Crippen molar-refractivity contribution in [2.45, 2.75) is 34.6 Å². The summed E-state index contributed by atoms with van der Waals surface area (Å²) >= 11 is 0. The molecular weight excluding hydrogens is 194 g/mol. The molecule has 0 aliphatic heterocycles. The van der Waals surface area contributed by atoms with Gasteiger partial charge in [-0.1, -0.05) is 0 Å². The van der Waals surface area contributed by atoms with E-state index in [1.54, 1.807) is 25.1 Å². The van der Waals surface area contributed by atoms with Crippen molar-refractivity contribution in [1.29, 1.82) is 15.8 Å². The summed E-state index contributed by atoms with van der Waals surface area (Å²) in [6.07, 6.45) is 0. The Kier molecular flexibility index (Phi) is 62.3. The third-order valence-corrected chi connectivity index (χ3v) is 0.348. The van der Waals surface area contributed by atoms with Gasteiger partial charge in [0, 0.05) is 27.7 Å². The molecular formula is C10H17N3O2. The molecule has 0 saturated carbocycles. The zero-order chi connectivity index (χ0) is 13.1. The van der Waals surface area contributed by atoms with E-state index < -0.39 is 0 Å². The Morgan fingerprint density at radius 2 is 1.27 bits per heavy atom. The van der Waals surface area contributed by atoms with Crippen LogP contribution in [-0.2, 0) is 9.53 Å². The second kappa shape index (κ2) is 40.5. The second-order valence-electron chi connectivity index (χ2n) is 1.60. The van der Waals surface area contributed by atoms with Gasteiger partial charge >= 0.3 is 5.97 Å². The molecule has 0 heterocycles. The van der Waals surface area contributed by atoms with Crippen molar-refractivity contribution in [3.63, 3.8) is 0 Å². The van der Waals surface area contributed by atoms with Crippen LogP contribution in [0, 0.1) is 34.0 Å². The highest BCUT2D eigenvalue weighted by atomic mass is 16.5. The lowest BCUT2D eigenvalue weighted by atomic mass is 10.8. The standard InChI is InChI=1S/C4H8O2.3C2H3N/c1-3-6-4(2)5;3*1-2-3/h3H2,1-2H3;3*1H3. The molecule has 84 valence electrons. The van der Waals surface area contributed by atoms with Gasteiger partial charge in [-0.25, -0.2) is 0 Å². The van der Waals surface area contributed by atoms with Crippen molar-refractivity contribution in [1.82, 2.24) is 0 Å². The number of rotatable bonds is 1. The van der Waals surface area contributed by atoms with Gasteiger partial charge in [-0.3, -0.25) is 4.79 Å². The normalized spacial score (nSPS) is 4.67. The van der Waals surface area contributed by atoms with Crippen molar-refractivity contribution >= 4 is 5.97 Å². The van der Waals surface area contributed by atoms with E-state index in [-0.39, 0.29) is 5.97 Å². The first kappa shape index (κ1) is 23.1. The van der Waals surface area contributed by atoms with E-state index in [0.717, 1.165) is 0 Å². The molecule has 5 nitrogen and oxygen atoms in total. The van der Waals surface area contributed by atoms with Gasteiger partial charge in [-0.15, -0.1) is 0 Å². The fraction of sp³-hybridized carbons (Fsp3) is 0.600. The number of hydrogen-bond donors (Lipinski definition) is 0. The highest BCUT2D eigenvalue weighted by Gasteiger charge is 1.81. The van der Waals surface area contributed by atoms with Crippen LogP contribution in [0.4, 0.5) is 0 Å². The average molecular weight is 211 g/mol. The molecule has 0 aromatic carbocycles. The SMILES string of the molecule is CC#N.CC#N.CC#N.CCOC(C)=O. The predicted octanol–water partition coefficient (Wildman–Crippen LogP) is 2.16. The van der Waals surface area contributed by atoms with Crippen LogP contribution in [0.2, 0.25) is 0 Å². The topological polar surface area (TPSA) is 97.7 Å². The molecule has 15 heavy (non-hydrogen) atoms. The Balaban J connectivity index is -0.0000000581. The molecule has 0 aliphatic carbocycles. The predicted molar refractivity (Wildman–Crippen MR) is 56.2 cm³/mol. The fourth-order valence-corrected chi connectivity index (χ4v) is 0.203. The summed E-state index contributed by atoms with van der Waals surface area (Å²) in [6.45, 7) is 7.94. The van der Waals surface area contributed by atoms with Gasteiger partial charge in [0.25, 0.3) is 0 Å². The lowest BCUT2D eigenvalue weighted by Gasteiger charge is -1.89. The molecule has 0 amide bonds. The lowest BCUT2D eigenvalue weighted by molar-refractivity contribution is -0.140. The van der Waals surface area contributed by atoms with Crippen molar-refractivity contribution in [3.8, 4) is 18.2 Å². The molecule has 0 bridgehead atoms. The van der Waals surface area contributed by atoms with Gasteiger partial charge in [-0.05, 0) is 6.92 Å². The third-order valence-electron chi connectivity index (χ3n) is 0.348. The maximum Gasteiger partial charge on any atom is 0.302 e. The first-order valence-electron chi connectivity index (χ1n) is 4.07. The largest absolute Gasteiger partial charge is 0.466 e. The first-order chi connectivity index (χ1) is 7.01. The van der Waals surface area contributed by atoms with Crippen LogP contribution in [0.5, 0.6) is 0 Å². The molecule has 0 fully saturated rings. The van der Waals surface area contributed by atoms with E-state index in [0.29, 0.717) is 6.61 Å². The molecule has 0 unspecified atom stereocenters. The number of hydrogen-bond acceptors (Lipinski definition) is 5. The van der Waals surface area contributed by atoms with Crippen LogP contribution in [0.1, 0.15) is 34.6 Å². The van der Waals surface area contributed by atoms with E-state index in [9.17, 15) is 4.79 Å². The van der Waals surface area contributed by atoms with Gasteiger partial charge in [0.1, 0.15) is 0 Å². The molecule has 0 aromatic heterocycles. The van der Waals surface area contributed by atoms with E-state index in [2.05, 4.69) is 4.74 Å². The molecule has 0 radical (unpaired) electrons. The molecule has 0 aromatic rings. The summed E-state index contributed by atoms with van der Waals surface area (Å²) in [6, 6.07) is 5.25. The Morgan fingerprint density at radius 3 is 1.27 bits per heavy atom. The van der Waals surface area contributed by atoms with E-state index in [1.807, 2.05) is 0 Å². The van der Waals surface area contributed by atoms with Crippen LogP contribution < -0.4 is 0 Å². The monoisotopic (exact) mass is 211 g/mol. The van der Waals surface area contributed by atoms with Crippen molar-refractivity contribution in [3.05, 3.63) is 0 Å². The second-order valence-corrected chi connectivity index (χ2v) is 1.60. The highest BCUT2D eigenvalue weighted by Crippen LogP contribution is 1.69. The number of carbonyl (C=O) groups is 1. The summed E-state index contributed by atoms with van der Waals surface area (Å²) in [5.74, 6) is -0.211. The first-order valence-corrected chi connectivity index (χ1v) is 4.07. The zero-order valence-corrected chi connectivity index (χ0v) is 9.87. The summed E-state index contributed by atoms with van der Waals surface area (Å²) in [5.41, 5.74) is 0. The Morgan fingerprint density at radius 1 is 1.07 bits per heavy atom. The Bertz CT molecular complexity index is 202. The fourth-order valence-electron chi connectivity index (χ4n) is 0.203. The third kappa shape index (κ3) is 1340. The van der Waals surface area contributed by atoms with Gasteiger partial charge in [0.05, 0.1) is 24.8 Å². The van der Waals surface area contributed by atoms with Gasteiger partial charge in [-0.2, -0.15) is 15.8 Å². The van der Waals surface area contributed by atoms with Gasteiger partial charge in [0.2, 0.25) is 0 Å². The molecule has 0 spiro atoms. The van der Waals surface area contributed by atoms with Crippen molar-refractivity contribution in [2.75, 3.05) is 6.61 Å². The summed E-state index contributed by atoms with van der Waals surface area (Å²) in [4.78, 5) is 9.82. The molecule has 0 aliphatic rings. The van der Waals surface area contributed by atoms with Crippen LogP contribution >= 0.6 is 0 Å². The Labute approximate surface area is 91.5 Å². The summed E-state index contributed by atoms with van der Waals surface area (Å²) in [7, 11) is 0. The number of nitriles is 3. The molecule has 0 atom stereocenters. The number of ether oxygens (including phenoxy) is 1. The summed E-state index contributed by atoms with van der Waals surface area (Å²) < 4.78 is 4.40. The summed E-state index contributed by atoms with van der Waals surface area (Å²) in [5, 5.41) is 22.0. The van der Waals surface area contributed by atoms with E-state index in [4.69, 9.17) is 15.8 Å². The highest BCUT2D eigenvalue weighted by molar-refractivity contribution is 5.65. The van der Waals surface area contributed by atoms with Gasteiger partial charge in [0.15, 0.2) is 0 Å². The minimum Gasteiger partial charge on any atom is -0.466 e. The van der Waals surface area contributed by atoms with Crippen LogP contribution in [0.3, 0.4) is 0 Å². The van der Waals surface area contributed by atoms with Crippen LogP contribution in [0.15, 0.2) is 0 Å². The maximum atomic E-state index is 9.82. The minimum atomic E-state index is -0.211. The molecule has 0 rings (SSSR count). The zero-order valence-electron chi connectivity index (χ0n) is 9.87. The van der Waals surface area contributed by atoms with Crippen molar-refractivity contribution < 1.29 is 9.53 Å². The number of nitrogens with zero attached hydrogens (tertiary/aromatic N) is 3. The molecule has 0 N–H and O–H groups in total. The van der Waals surface area contributed by atoms with E-state index in [1.165, 1.54) is 27.7 Å². The van der Waals surface area contributed by atoms with Crippen LogP contribution in [-0.4, -0.2) is 12.6 Å². The Hall–Kier alpha value is -2.06. The number of carbonyl (C=O) groups excluding carboxylic acids is 1. The van der Waals surface area contributed by atoms with Crippen molar-refractivity contribution in [2.24, 2.45) is 0 Å². The molecule has 0 saturated heterocycles. The maximum absolute atomic E-state index is 9.82. The lowest BCUT2D eigenvalue weighted by Crippen LogP contribution is -1.95. The van der Waals surface area contributed by atoms with E-state index >= 15 is 0 Å². The average Bonchev–Trinajstić information content (AvgIpc) is 2.07.